The molecule has 0 aliphatic rings. The van der Waals surface area contributed by atoms with E-state index in [9.17, 15) is 9.59 Å². The smallest absolute Gasteiger partial charge is 0.339 e. The highest BCUT2D eigenvalue weighted by molar-refractivity contribution is 6.30. The van der Waals surface area contributed by atoms with Crippen LogP contribution in [0.2, 0.25) is 5.02 Å². The number of amides is 1. The molecular weight excluding hydrogens is 294 g/mol. The lowest BCUT2D eigenvalue weighted by Crippen LogP contribution is -2.20. The molecule has 1 amide bonds. The normalized spacial score (nSPS) is 10.4. The van der Waals surface area contributed by atoms with Gasteiger partial charge in [-0.3, -0.25) is 9.48 Å². The van der Waals surface area contributed by atoms with Gasteiger partial charge in [0.2, 0.25) is 5.91 Å². The molecule has 2 rings (SSSR count). The number of rotatable bonds is 4. The van der Waals surface area contributed by atoms with Gasteiger partial charge in [-0.15, -0.1) is 0 Å². The van der Waals surface area contributed by atoms with Crippen LogP contribution in [0.3, 0.4) is 0 Å². The van der Waals surface area contributed by atoms with Crippen LogP contribution < -0.4 is 5.32 Å². The molecule has 0 bridgehead atoms. The van der Waals surface area contributed by atoms with Gasteiger partial charge in [-0.25, -0.2) is 4.79 Å². The second-order valence-corrected chi connectivity index (χ2v) is 5.00. The third kappa shape index (κ3) is 3.41. The number of nitrogens with zero attached hydrogens (tertiary/aromatic N) is 2. The number of nitrogens with one attached hydrogen (secondary N) is 1. The van der Waals surface area contributed by atoms with Crippen molar-refractivity contribution in [3.63, 3.8) is 0 Å². The molecule has 110 valence electrons. The van der Waals surface area contributed by atoms with E-state index in [4.69, 9.17) is 16.7 Å². The number of aryl methyl sites for hydroxylation is 1. The fourth-order valence-corrected chi connectivity index (χ4v) is 2.16. The number of aromatic carboxylic acids is 1. The fourth-order valence-electron chi connectivity index (χ4n) is 2.03. The predicted molar refractivity (Wildman–Crippen MR) is 78.7 cm³/mol. The zero-order chi connectivity index (χ0) is 15.6. The molecule has 7 heteroatoms. The van der Waals surface area contributed by atoms with Crippen LogP contribution in [0.4, 0.5) is 5.69 Å². The minimum Gasteiger partial charge on any atom is -0.478 e. The van der Waals surface area contributed by atoms with E-state index in [2.05, 4.69) is 10.4 Å². The maximum Gasteiger partial charge on any atom is 0.339 e. The number of aromatic nitrogens is 2. The first-order valence-electron chi connectivity index (χ1n) is 6.21. The molecular formula is C14H14ClN3O3. The number of carbonyl (C=O) groups excluding carboxylic acids is 1. The number of hydrogen-bond acceptors (Lipinski definition) is 3. The molecule has 21 heavy (non-hydrogen) atoms. The van der Waals surface area contributed by atoms with Gasteiger partial charge in [-0.05, 0) is 38.1 Å². The summed E-state index contributed by atoms with van der Waals surface area (Å²) >= 11 is 5.77. The molecule has 1 heterocycles. The lowest BCUT2D eigenvalue weighted by atomic mass is 10.2. The Morgan fingerprint density at radius 3 is 2.43 bits per heavy atom. The molecule has 0 fully saturated rings. The largest absolute Gasteiger partial charge is 0.478 e. The zero-order valence-electron chi connectivity index (χ0n) is 11.6. The van der Waals surface area contributed by atoms with Gasteiger partial charge in [0.15, 0.2) is 0 Å². The van der Waals surface area contributed by atoms with Crippen molar-refractivity contribution in [1.82, 2.24) is 9.78 Å². The summed E-state index contributed by atoms with van der Waals surface area (Å²) in [6.07, 6.45) is 0. The monoisotopic (exact) mass is 307 g/mol. The summed E-state index contributed by atoms with van der Waals surface area (Å²) in [4.78, 5) is 23.1. The lowest BCUT2D eigenvalue weighted by molar-refractivity contribution is -0.116. The highest BCUT2D eigenvalue weighted by atomic mass is 35.5. The highest BCUT2D eigenvalue weighted by Gasteiger charge is 2.18. The van der Waals surface area contributed by atoms with Crippen molar-refractivity contribution in [3.8, 4) is 0 Å². The van der Waals surface area contributed by atoms with Crippen LogP contribution in [0, 0.1) is 13.8 Å². The molecule has 0 spiro atoms. The Hall–Kier alpha value is -2.34. The van der Waals surface area contributed by atoms with E-state index in [-0.39, 0.29) is 18.0 Å². The average Bonchev–Trinajstić information content (AvgIpc) is 2.67. The van der Waals surface area contributed by atoms with Gasteiger partial charge >= 0.3 is 5.97 Å². The molecule has 0 saturated carbocycles. The average molecular weight is 308 g/mol. The van der Waals surface area contributed by atoms with Gasteiger partial charge in [0.05, 0.1) is 11.4 Å². The summed E-state index contributed by atoms with van der Waals surface area (Å²) < 4.78 is 1.38. The van der Waals surface area contributed by atoms with E-state index in [0.29, 0.717) is 22.1 Å². The van der Waals surface area contributed by atoms with Crippen LogP contribution in [0.25, 0.3) is 0 Å². The molecule has 2 aromatic rings. The Kier molecular flexibility index (Phi) is 4.28. The fraction of sp³-hybridized carbons (Fsp3) is 0.214. The Morgan fingerprint density at radius 2 is 1.90 bits per heavy atom. The summed E-state index contributed by atoms with van der Waals surface area (Å²) in [5.41, 5.74) is 1.59. The first kappa shape index (κ1) is 15.1. The summed E-state index contributed by atoms with van der Waals surface area (Å²) in [7, 11) is 0. The minimum atomic E-state index is -1.05. The van der Waals surface area contributed by atoms with Crippen LogP contribution >= 0.6 is 11.6 Å². The zero-order valence-corrected chi connectivity index (χ0v) is 12.3. The number of carboxylic acids is 1. The third-order valence-electron chi connectivity index (χ3n) is 3.02. The van der Waals surface area contributed by atoms with Crippen LogP contribution in [-0.4, -0.2) is 26.8 Å². The number of anilines is 1. The molecule has 0 unspecified atom stereocenters. The van der Waals surface area contributed by atoms with E-state index in [1.165, 1.54) is 4.68 Å². The van der Waals surface area contributed by atoms with Crippen molar-refractivity contribution < 1.29 is 14.7 Å². The molecule has 0 saturated heterocycles. The van der Waals surface area contributed by atoms with E-state index < -0.39 is 5.97 Å². The van der Waals surface area contributed by atoms with Crippen molar-refractivity contribution in [3.05, 3.63) is 46.2 Å². The van der Waals surface area contributed by atoms with Gasteiger partial charge in [0, 0.05) is 10.7 Å². The van der Waals surface area contributed by atoms with Gasteiger partial charge in [0.25, 0.3) is 0 Å². The molecule has 0 radical (unpaired) electrons. The third-order valence-corrected chi connectivity index (χ3v) is 3.27. The topological polar surface area (TPSA) is 84.2 Å². The maximum atomic E-state index is 12.0. The van der Waals surface area contributed by atoms with Crippen molar-refractivity contribution in [2.24, 2.45) is 0 Å². The minimum absolute atomic E-state index is 0.0530. The number of carbonyl (C=O) groups is 2. The summed E-state index contributed by atoms with van der Waals surface area (Å²) in [5.74, 6) is -1.34. The van der Waals surface area contributed by atoms with E-state index in [1.54, 1.807) is 38.1 Å². The molecule has 2 N–H and O–H groups in total. The van der Waals surface area contributed by atoms with Gasteiger partial charge in [0.1, 0.15) is 12.1 Å². The SMILES string of the molecule is Cc1nn(CC(=O)Nc2ccc(Cl)cc2)c(C)c1C(=O)O. The Morgan fingerprint density at radius 1 is 1.29 bits per heavy atom. The van der Waals surface area contributed by atoms with Gasteiger partial charge in [-0.1, -0.05) is 11.6 Å². The summed E-state index contributed by atoms with van der Waals surface area (Å²) in [6.45, 7) is 3.17. The number of halogens is 1. The maximum absolute atomic E-state index is 12.0. The van der Waals surface area contributed by atoms with Crippen molar-refractivity contribution in [1.29, 1.82) is 0 Å². The van der Waals surface area contributed by atoms with E-state index in [1.807, 2.05) is 0 Å². The molecule has 6 nitrogen and oxygen atoms in total. The lowest BCUT2D eigenvalue weighted by Gasteiger charge is -2.07. The Labute approximate surface area is 126 Å². The van der Waals surface area contributed by atoms with Crippen LogP contribution in [0.5, 0.6) is 0 Å². The molecule has 1 aromatic carbocycles. The second kappa shape index (κ2) is 5.97. The van der Waals surface area contributed by atoms with Crippen molar-refractivity contribution >= 4 is 29.2 Å². The molecule has 0 atom stereocenters. The Bertz CT molecular complexity index is 692. The van der Waals surface area contributed by atoms with Crippen molar-refractivity contribution in [2.75, 3.05) is 5.32 Å². The molecule has 0 aliphatic heterocycles. The number of carboxylic acid groups (broad SMARTS) is 1. The van der Waals surface area contributed by atoms with Gasteiger partial charge < -0.3 is 10.4 Å². The standard InChI is InChI=1S/C14H14ClN3O3/c1-8-13(14(20)21)9(2)18(17-8)7-12(19)16-11-5-3-10(15)4-6-11/h3-6H,7H2,1-2H3,(H,16,19)(H,20,21). The predicted octanol–water partition coefficient (Wildman–Crippen LogP) is 2.49. The Balaban J connectivity index is 2.11. The van der Waals surface area contributed by atoms with E-state index >= 15 is 0 Å². The molecule has 0 aliphatic carbocycles. The number of hydrogen-bond donors (Lipinski definition) is 2. The van der Waals surface area contributed by atoms with E-state index in [0.717, 1.165) is 0 Å². The quantitative estimate of drug-likeness (QED) is 0.909. The summed E-state index contributed by atoms with van der Waals surface area (Å²) in [6, 6.07) is 6.71. The first-order valence-corrected chi connectivity index (χ1v) is 6.59. The van der Waals surface area contributed by atoms with Crippen LogP contribution in [0.15, 0.2) is 24.3 Å². The van der Waals surface area contributed by atoms with Crippen LogP contribution in [-0.2, 0) is 11.3 Å². The highest BCUT2D eigenvalue weighted by Crippen LogP contribution is 2.15. The van der Waals surface area contributed by atoms with Crippen LogP contribution in [0.1, 0.15) is 21.7 Å². The van der Waals surface area contributed by atoms with Crippen molar-refractivity contribution in [2.45, 2.75) is 20.4 Å². The first-order chi connectivity index (χ1) is 9.88. The number of benzene rings is 1. The van der Waals surface area contributed by atoms with Gasteiger partial charge in [-0.2, -0.15) is 5.10 Å². The summed E-state index contributed by atoms with van der Waals surface area (Å²) in [5, 5.41) is 16.4. The molecule has 1 aromatic heterocycles. The second-order valence-electron chi connectivity index (χ2n) is 4.56.